The summed E-state index contributed by atoms with van der Waals surface area (Å²) in [6.07, 6.45) is 20.5. The van der Waals surface area contributed by atoms with E-state index < -0.39 is 13.3 Å². The van der Waals surface area contributed by atoms with Gasteiger partial charge >= 0.3 is 7.60 Å². The van der Waals surface area contributed by atoms with E-state index in [4.69, 9.17) is 0 Å². The molecule has 0 aromatic rings. The van der Waals surface area contributed by atoms with Crippen LogP contribution in [0.2, 0.25) is 0 Å². The Morgan fingerprint density at radius 1 is 0.640 bits per heavy atom. The highest BCUT2D eigenvalue weighted by Crippen LogP contribution is 2.47. The summed E-state index contributed by atoms with van der Waals surface area (Å²) in [6, 6.07) is 0. The monoisotopic (exact) mass is 376 g/mol. The van der Waals surface area contributed by atoms with Crippen LogP contribution in [0.5, 0.6) is 0 Å². The van der Waals surface area contributed by atoms with E-state index in [2.05, 4.69) is 6.92 Å². The predicted molar refractivity (Wildman–Crippen MR) is 110 cm³/mol. The van der Waals surface area contributed by atoms with Gasteiger partial charge in [-0.15, -0.1) is 0 Å². The summed E-state index contributed by atoms with van der Waals surface area (Å²) in [4.78, 5) is 18.7. The first-order valence-corrected chi connectivity index (χ1v) is 12.6. The predicted octanol–water partition coefficient (Wildman–Crippen LogP) is 7.45. The summed E-state index contributed by atoms with van der Waals surface area (Å²) in [5.41, 5.74) is -0.450. The molecule has 0 bridgehead atoms. The minimum atomic E-state index is -3.92. The molecule has 25 heavy (non-hydrogen) atoms. The molecule has 4 heteroatoms. The van der Waals surface area contributed by atoms with Gasteiger partial charge in [0.1, 0.15) is 0 Å². The zero-order valence-corrected chi connectivity index (χ0v) is 18.1. The molecule has 152 valence electrons. The van der Waals surface area contributed by atoms with Crippen molar-refractivity contribution in [3.8, 4) is 0 Å². The first kappa shape index (κ1) is 25.1. The van der Waals surface area contributed by atoms with E-state index in [1.807, 2.05) is 13.8 Å². The quantitative estimate of drug-likeness (QED) is 0.193. The summed E-state index contributed by atoms with van der Waals surface area (Å²) < 4.78 is 11.4. The van der Waals surface area contributed by atoms with E-state index in [-0.39, 0.29) is 5.92 Å². The molecule has 0 saturated carbocycles. The summed E-state index contributed by atoms with van der Waals surface area (Å²) in [5.74, 6) is 0.0625. The van der Waals surface area contributed by atoms with E-state index in [0.29, 0.717) is 6.42 Å². The molecule has 0 saturated heterocycles. The van der Waals surface area contributed by atoms with Crippen molar-refractivity contribution in [2.75, 3.05) is 0 Å². The minimum absolute atomic E-state index is 0.0625. The van der Waals surface area contributed by atoms with Crippen molar-refractivity contribution in [2.45, 2.75) is 129 Å². The van der Waals surface area contributed by atoms with Gasteiger partial charge in [-0.3, -0.25) is 4.57 Å². The third-order valence-corrected chi connectivity index (χ3v) is 7.02. The summed E-state index contributed by atoms with van der Waals surface area (Å²) in [6.45, 7) is 6.09. The molecule has 2 N–H and O–H groups in total. The Kier molecular flexibility index (Phi) is 16.4. The summed E-state index contributed by atoms with van der Waals surface area (Å²) in [7, 11) is -3.92. The Hall–Kier alpha value is 0.150. The van der Waals surface area contributed by atoms with Crippen LogP contribution in [-0.2, 0) is 4.57 Å². The van der Waals surface area contributed by atoms with Gasteiger partial charge in [0, 0.05) is 0 Å². The molecule has 0 fully saturated rings. The first-order chi connectivity index (χ1) is 11.9. The highest BCUT2D eigenvalue weighted by Gasteiger charge is 2.30. The molecular weight excluding hydrogens is 331 g/mol. The van der Waals surface area contributed by atoms with Crippen molar-refractivity contribution >= 4 is 7.60 Å². The Balaban J connectivity index is 3.32. The molecule has 0 aromatic carbocycles. The molecule has 0 radical (unpaired) electrons. The Labute approximate surface area is 157 Å². The van der Waals surface area contributed by atoms with Crippen LogP contribution in [0.3, 0.4) is 0 Å². The van der Waals surface area contributed by atoms with Crippen LogP contribution in [-0.4, -0.2) is 15.4 Å². The molecule has 0 aliphatic carbocycles. The fraction of sp³-hybridized carbons (Fsp3) is 1.00. The topological polar surface area (TPSA) is 57.5 Å². The van der Waals surface area contributed by atoms with Crippen molar-refractivity contribution in [1.29, 1.82) is 0 Å². The van der Waals surface area contributed by atoms with Gasteiger partial charge in [-0.25, -0.2) is 0 Å². The zero-order valence-electron chi connectivity index (χ0n) is 17.2. The fourth-order valence-electron chi connectivity index (χ4n) is 3.61. The second-order valence-corrected chi connectivity index (χ2v) is 9.98. The molecule has 0 aliphatic heterocycles. The second-order valence-electron chi connectivity index (χ2n) is 8.14. The largest absolute Gasteiger partial charge is 0.328 e. The lowest BCUT2D eigenvalue weighted by atomic mass is 10.0. The summed E-state index contributed by atoms with van der Waals surface area (Å²) >= 11 is 0. The first-order valence-electron chi connectivity index (χ1n) is 10.9. The lowest BCUT2D eigenvalue weighted by molar-refractivity contribution is 0.333. The maximum absolute atomic E-state index is 11.4. The van der Waals surface area contributed by atoms with Gasteiger partial charge in [0.05, 0.1) is 5.66 Å². The van der Waals surface area contributed by atoms with Gasteiger partial charge in [0.2, 0.25) is 0 Å². The lowest BCUT2D eigenvalue weighted by Gasteiger charge is -2.21. The van der Waals surface area contributed by atoms with E-state index >= 15 is 0 Å². The lowest BCUT2D eigenvalue weighted by Crippen LogP contribution is -2.15. The molecule has 0 heterocycles. The van der Waals surface area contributed by atoms with Crippen LogP contribution >= 0.6 is 7.60 Å². The molecule has 1 unspecified atom stereocenters. The molecule has 0 spiro atoms. The smallest absolute Gasteiger partial charge is 0.324 e. The number of rotatable bonds is 18. The summed E-state index contributed by atoms with van der Waals surface area (Å²) in [5, 5.41) is 0. The second kappa shape index (κ2) is 16.3. The standard InChI is InChI=1S/C21H45O3P/c1-4-5-6-7-8-9-10-11-12-13-14-15-16-17-18-19-21(20(2)3)25(22,23)24/h20-21H,4-19H2,1-3H3,(H2,22,23,24). The molecular formula is C21H45O3P. The SMILES string of the molecule is CCCCCCCCCCCCCCCCCC(C(C)C)P(=O)(O)O. The van der Waals surface area contributed by atoms with Gasteiger partial charge in [-0.05, 0) is 12.3 Å². The molecule has 1 atom stereocenters. The van der Waals surface area contributed by atoms with Gasteiger partial charge in [0.25, 0.3) is 0 Å². The number of unbranched alkanes of at least 4 members (excludes halogenated alkanes) is 14. The number of hydrogen-bond acceptors (Lipinski definition) is 1. The zero-order chi connectivity index (χ0) is 19.0. The highest BCUT2D eigenvalue weighted by molar-refractivity contribution is 7.52. The maximum Gasteiger partial charge on any atom is 0.328 e. The maximum atomic E-state index is 11.4. The van der Waals surface area contributed by atoms with Crippen LogP contribution < -0.4 is 0 Å². The highest BCUT2D eigenvalue weighted by atomic mass is 31.2. The fourth-order valence-corrected chi connectivity index (χ4v) is 4.91. The number of hydrogen-bond donors (Lipinski definition) is 2. The molecule has 0 rings (SSSR count). The van der Waals surface area contributed by atoms with E-state index in [1.165, 1.54) is 83.5 Å². The van der Waals surface area contributed by atoms with Crippen molar-refractivity contribution in [3.05, 3.63) is 0 Å². The van der Waals surface area contributed by atoms with Gasteiger partial charge in [0.15, 0.2) is 0 Å². The van der Waals surface area contributed by atoms with E-state index in [0.717, 1.165) is 12.8 Å². The average molecular weight is 377 g/mol. The molecule has 3 nitrogen and oxygen atoms in total. The van der Waals surface area contributed by atoms with Crippen LogP contribution in [0.25, 0.3) is 0 Å². The Morgan fingerprint density at radius 3 is 1.24 bits per heavy atom. The minimum Gasteiger partial charge on any atom is -0.324 e. The normalized spacial score (nSPS) is 13.5. The molecule has 0 aromatic heterocycles. The van der Waals surface area contributed by atoms with Crippen molar-refractivity contribution in [1.82, 2.24) is 0 Å². The van der Waals surface area contributed by atoms with Gasteiger partial charge in [-0.2, -0.15) is 0 Å². The molecule has 0 amide bonds. The molecule has 0 aliphatic rings. The van der Waals surface area contributed by atoms with Crippen LogP contribution in [0.4, 0.5) is 0 Å². The average Bonchev–Trinajstić information content (AvgIpc) is 2.53. The third kappa shape index (κ3) is 16.1. The van der Waals surface area contributed by atoms with Crippen LogP contribution in [0, 0.1) is 5.92 Å². The van der Waals surface area contributed by atoms with E-state index in [9.17, 15) is 14.4 Å². The third-order valence-electron chi connectivity index (χ3n) is 5.31. The van der Waals surface area contributed by atoms with Gasteiger partial charge in [-0.1, -0.05) is 117 Å². The van der Waals surface area contributed by atoms with Gasteiger partial charge < -0.3 is 9.79 Å². The van der Waals surface area contributed by atoms with Crippen LogP contribution in [0.1, 0.15) is 124 Å². The Bertz CT molecular complexity index is 325. The van der Waals surface area contributed by atoms with Crippen molar-refractivity contribution in [2.24, 2.45) is 5.92 Å². The Morgan fingerprint density at radius 2 is 0.960 bits per heavy atom. The van der Waals surface area contributed by atoms with Crippen molar-refractivity contribution in [3.63, 3.8) is 0 Å². The van der Waals surface area contributed by atoms with Crippen LogP contribution in [0.15, 0.2) is 0 Å². The van der Waals surface area contributed by atoms with Crippen molar-refractivity contribution < 1.29 is 14.4 Å². The van der Waals surface area contributed by atoms with E-state index in [1.54, 1.807) is 0 Å².